The van der Waals surface area contributed by atoms with Crippen molar-refractivity contribution in [3.8, 4) is 11.6 Å². The van der Waals surface area contributed by atoms with Crippen LogP contribution in [0.1, 0.15) is 54.9 Å². The number of pyridine rings is 1. The van der Waals surface area contributed by atoms with E-state index in [1.165, 1.54) is 0 Å². The highest BCUT2D eigenvalue weighted by atomic mass is 19.4. The van der Waals surface area contributed by atoms with Crippen molar-refractivity contribution in [2.75, 3.05) is 55.2 Å². The molecule has 2 aliphatic rings. The van der Waals surface area contributed by atoms with Crippen molar-refractivity contribution >= 4 is 23.6 Å². The first-order chi connectivity index (χ1) is 20.1. The highest BCUT2D eigenvalue weighted by Crippen LogP contribution is 2.31. The SMILES string of the molecule is CCNc1nnc(-c2cnc(N3CCN(C4CCN(C(=O)c5ccc(C(F)(F)F)nc5N)CC4)[C@@H](CC)C3)c(C)n2)o1. The maximum absolute atomic E-state index is 13.0. The number of halogens is 3. The highest BCUT2D eigenvalue weighted by Gasteiger charge is 2.36. The lowest BCUT2D eigenvalue weighted by Gasteiger charge is -2.47. The first kappa shape index (κ1) is 29.5. The summed E-state index contributed by atoms with van der Waals surface area (Å²) in [7, 11) is 0. The van der Waals surface area contributed by atoms with Gasteiger partial charge in [0.25, 0.3) is 11.8 Å². The van der Waals surface area contributed by atoms with E-state index in [9.17, 15) is 18.0 Å². The number of aromatic nitrogens is 5. The number of carbonyl (C=O) groups is 1. The second-order valence-electron chi connectivity index (χ2n) is 10.5. The summed E-state index contributed by atoms with van der Waals surface area (Å²) in [6.45, 7) is 10.1. The van der Waals surface area contributed by atoms with Gasteiger partial charge in [-0.1, -0.05) is 12.0 Å². The van der Waals surface area contributed by atoms with Gasteiger partial charge >= 0.3 is 12.2 Å². The van der Waals surface area contributed by atoms with Crippen LogP contribution >= 0.6 is 0 Å². The molecule has 15 heteroatoms. The normalized spacial score (nSPS) is 18.9. The van der Waals surface area contributed by atoms with E-state index in [0.717, 1.165) is 62.5 Å². The number of anilines is 3. The number of piperazine rings is 1. The predicted molar refractivity (Wildman–Crippen MR) is 150 cm³/mol. The van der Waals surface area contributed by atoms with E-state index in [0.29, 0.717) is 49.3 Å². The van der Waals surface area contributed by atoms with Crippen LogP contribution in [-0.4, -0.2) is 92.2 Å². The van der Waals surface area contributed by atoms with Gasteiger partial charge in [-0.2, -0.15) is 13.2 Å². The Labute approximate surface area is 241 Å². The summed E-state index contributed by atoms with van der Waals surface area (Å²) < 4.78 is 44.4. The van der Waals surface area contributed by atoms with Gasteiger partial charge in [-0.3, -0.25) is 9.69 Å². The van der Waals surface area contributed by atoms with Crippen molar-refractivity contribution in [2.24, 2.45) is 0 Å². The van der Waals surface area contributed by atoms with Crippen molar-refractivity contribution in [3.63, 3.8) is 0 Å². The molecule has 2 aliphatic heterocycles. The minimum atomic E-state index is -4.62. The third kappa shape index (κ3) is 6.10. The molecule has 0 spiro atoms. The van der Waals surface area contributed by atoms with Gasteiger partial charge in [-0.15, -0.1) is 5.10 Å². The topological polar surface area (TPSA) is 142 Å². The van der Waals surface area contributed by atoms with Crippen LogP contribution in [0.5, 0.6) is 0 Å². The monoisotopic (exact) mass is 588 g/mol. The first-order valence-electron chi connectivity index (χ1n) is 14.1. The molecular formula is C27H35F3N10O2. The quantitative estimate of drug-likeness (QED) is 0.419. The molecule has 0 unspecified atom stereocenters. The standard InChI is InChI=1S/C27H35F3N10O2/c1-4-17-15-39(23-16(3)34-20(14-33-23)24-36-37-26(42-24)32-5-2)12-13-40(17)18-8-10-38(11-9-18)25(41)19-6-7-21(27(28,29)30)35-22(19)31/h6-7,14,17-18H,4-5,8-13,15H2,1-3H3,(H2,31,35)(H,32,37)/t17-/m0/s1. The summed E-state index contributed by atoms with van der Waals surface area (Å²) >= 11 is 0. The fourth-order valence-electron chi connectivity index (χ4n) is 5.73. The Hall–Kier alpha value is -4.01. The Bertz CT molecular complexity index is 1410. The molecule has 12 nitrogen and oxygen atoms in total. The maximum atomic E-state index is 13.0. The van der Waals surface area contributed by atoms with Gasteiger partial charge in [0.2, 0.25) is 0 Å². The molecule has 1 atom stereocenters. The van der Waals surface area contributed by atoms with Crippen molar-refractivity contribution in [3.05, 3.63) is 35.3 Å². The number of nitrogens with two attached hydrogens (primary N) is 1. The summed E-state index contributed by atoms with van der Waals surface area (Å²) in [6.07, 6.45) is -0.479. The zero-order valence-electron chi connectivity index (χ0n) is 23.9. The molecule has 3 aromatic rings. The Morgan fingerprint density at radius 2 is 1.88 bits per heavy atom. The molecule has 2 fully saturated rings. The number of nitrogens with one attached hydrogen (secondary N) is 1. The van der Waals surface area contributed by atoms with Gasteiger partial charge in [0.05, 0.1) is 17.5 Å². The number of carbonyl (C=O) groups excluding carboxylic acids is 1. The molecule has 3 aromatic heterocycles. The smallest absolute Gasteiger partial charge is 0.402 e. The van der Waals surface area contributed by atoms with Crippen molar-refractivity contribution in [2.45, 2.75) is 58.3 Å². The molecule has 5 rings (SSSR count). The van der Waals surface area contributed by atoms with Gasteiger partial charge in [0.1, 0.15) is 23.0 Å². The second kappa shape index (κ2) is 12.1. The zero-order valence-corrected chi connectivity index (χ0v) is 23.9. The van der Waals surface area contributed by atoms with E-state index in [4.69, 9.17) is 15.1 Å². The number of aryl methyl sites for hydroxylation is 1. The third-order valence-electron chi connectivity index (χ3n) is 7.86. The lowest BCUT2D eigenvalue weighted by atomic mass is 9.97. The van der Waals surface area contributed by atoms with Gasteiger partial charge in [-0.05, 0) is 45.2 Å². The maximum Gasteiger partial charge on any atom is 0.433 e. The molecule has 0 saturated carbocycles. The number of nitrogen functional groups attached to an aromatic ring is 1. The average molecular weight is 589 g/mol. The Morgan fingerprint density at radius 3 is 2.52 bits per heavy atom. The van der Waals surface area contributed by atoms with E-state index in [2.05, 4.69) is 42.2 Å². The lowest BCUT2D eigenvalue weighted by Crippen LogP contribution is -2.59. The Kier molecular flexibility index (Phi) is 8.48. The number of piperidine rings is 1. The fourth-order valence-corrected chi connectivity index (χ4v) is 5.73. The Morgan fingerprint density at radius 1 is 1.12 bits per heavy atom. The van der Waals surface area contributed by atoms with Crippen LogP contribution in [0, 0.1) is 6.92 Å². The fraction of sp³-hybridized carbons (Fsp3) is 0.556. The second-order valence-corrected chi connectivity index (χ2v) is 10.5. The summed E-state index contributed by atoms with van der Waals surface area (Å²) in [5, 5.41) is 11.0. The summed E-state index contributed by atoms with van der Waals surface area (Å²) in [4.78, 5) is 32.2. The zero-order chi connectivity index (χ0) is 30.0. The van der Waals surface area contributed by atoms with Gasteiger partial charge < -0.3 is 25.3 Å². The average Bonchev–Trinajstić information content (AvgIpc) is 3.45. The van der Waals surface area contributed by atoms with Crippen LogP contribution in [0.15, 0.2) is 22.7 Å². The minimum absolute atomic E-state index is 0.00107. The van der Waals surface area contributed by atoms with Crippen molar-refractivity contribution in [1.29, 1.82) is 0 Å². The van der Waals surface area contributed by atoms with Crippen LogP contribution in [0.2, 0.25) is 0 Å². The highest BCUT2D eigenvalue weighted by molar-refractivity contribution is 5.98. The van der Waals surface area contributed by atoms with Gasteiger partial charge in [0.15, 0.2) is 0 Å². The van der Waals surface area contributed by atoms with E-state index < -0.39 is 17.7 Å². The predicted octanol–water partition coefficient (Wildman–Crippen LogP) is 3.47. The largest absolute Gasteiger partial charge is 0.433 e. The van der Waals surface area contributed by atoms with E-state index in [1.807, 2.05) is 13.8 Å². The number of alkyl halides is 3. The minimum Gasteiger partial charge on any atom is -0.402 e. The molecule has 0 aliphatic carbocycles. The van der Waals surface area contributed by atoms with Gasteiger partial charge in [-0.25, -0.2) is 15.0 Å². The van der Waals surface area contributed by atoms with Crippen LogP contribution in [0.4, 0.5) is 30.8 Å². The lowest BCUT2D eigenvalue weighted by molar-refractivity contribution is -0.141. The number of amides is 1. The van der Waals surface area contributed by atoms with Gasteiger partial charge in [0, 0.05) is 51.4 Å². The molecule has 1 amide bonds. The molecule has 0 aromatic carbocycles. The molecule has 0 radical (unpaired) electrons. The van der Waals surface area contributed by atoms with E-state index >= 15 is 0 Å². The number of rotatable bonds is 7. The molecule has 2 saturated heterocycles. The number of hydrogen-bond donors (Lipinski definition) is 2. The molecule has 42 heavy (non-hydrogen) atoms. The number of hydrogen-bond acceptors (Lipinski definition) is 11. The molecule has 5 heterocycles. The van der Waals surface area contributed by atoms with Crippen molar-refractivity contribution in [1.82, 2.24) is 34.9 Å². The van der Waals surface area contributed by atoms with Crippen LogP contribution in [-0.2, 0) is 6.18 Å². The van der Waals surface area contributed by atoms with Crippen LogP contribution in [0.25, 0.3) is 11.6 Å². The first-order valence-corrected chi connectivity index (χ1v) is 14.1. The van der Waals surface area contributed by atoms with Crippen LogP contribution < -0.4 is 16.0 Å². The summed E-state index contributed by atoms with van der Waals surface area (Å²) in [5.74, 6) is 0.346. The van der Waals surface area contributed by atoms with E-state index in [1.54, 1.807) is 11.1 Å². The summed E-state index contributed by atoms with van der Waals surface area (Å²) in [6, 6.07) is 2.84. The Balaban J connectivity index is 1.19. The molecule has 0 bridgehead atoms. The third-order valence-corrected chi connectivity index (χ3v) is 7.86. The van der Waals surface area contributed by atoms with E-state index in [-0.39, 0.29) is 11.5 Å². The molecule has 226 valence electrons. The summed E-state index contributed by atoms with van der Waals surface area (Å²) in [5.41, 5.74) is 5.93. The molecule has 3 N–H and O–H groups in total. The number of likely N-dealkylation sites (tertiary alicyclic amines) is 1. The van der Waals surface area contributed by atoms with Crippen LogP contribution in [0.3, 0.4) is 0 Å². The molecular weight excluding hydrogens is 553 g/mol. The number of nitrogens with zero attached hydrogens (tertiary/aromatic N) is 8. The van der Waals surface area contributed by atoms with Crippen molar-refractivity contribution < 1.29 is 22.4 Å².